The smallest absolute Gasteiger partial charge is 0.131 e. The molecule has 0 saturated heterocycles. The first-order chi connectivity index (χ1) is 14.6. The molecule has 2 aromatic rings. The largest absolute Gasteiger partial charge is 0.206 e. The summed E-state index contributed by atoms with van der Waals surface area (Å²) in [5, 5.41) is 0.682. The second-order valence-electron chi connectivity index (χ2n) is 9.84. The van der Waals surface area contributed by atoms with Crippen LogP contribution in [0.4, 0.5) is 4.39 Å². The molecule has 4 rings (SSSR count). The average Bonchev–Trinajstić information content (AvgIpc) is 2.79. The van der Waals surface area contributed by atoms with Gasteiger partial charge in [-0.15, -0.1) is 0 Å². The molecule has 2 aliphatic rings. The first-order valence-electron chi connectivity index (χ1n) is 12.2. The van der Waals surface area contributed by atoms with Crippen LogP contribution in [0, 0.1) is 23.6 Å². The van der Waals surface area contributed by atoms with Gasteiger partial charge in [-0.3, -0.25) is 0 Å². The van der Waals surface area contributed by atoms with Gasteiger partial charge in [-0.2, -0.15) is 0 Å². The van der Waals surface area contributed by atoms with E-state index in [9.17, 15) is 4.39 Å². The van der Waals surface area contributed by atoms with Crippen LogP contribution >= 0.6 is 11.6 Å². The van der Waals surface area contributed by atoms with Crippen LogP contribution in [0.3, 0.4) is 0 Å². The van der Waals surface area contributed by atoms with Crippen LogP contribution in [0.2, 0.25) is 5.02 Å². The third kappa shape index (κ3) is 5.47. The van der Waals surface area contributed by atoms with E-state index in [0.29, 0.717) is 16.5 Å². The van der Waals surface area contributed by atoms with Crippen molar-refractivity contribution < 1.29 is 4.39 Å². The minimum absolute atomic E-state index is 0.111. The summed E-state index contributed by atoms with van der Waals surface area (Å²) in [5.41, 5.74) is 2.74. The van der Waals surface area contributed by atoms with Crippen molar-refractivity contribution in [1.82, 2.24) is 0 Å². The van der Waals surface area contributed by atoms with Gasteiger partial charge in [0, 0.05) is 10.6 Å². The van der Waals surface area contributed by atoms with Crippen LogP contribution in [0.5, 0.6) is 0 Å². The Labute approximate surface area is 187 Å². The molecule has 0 atom stereocenters. The predicted molar refractivity (Wildman–Crippen MR) is 127 cm³/mol. The fraction of sp³-hybridized carbons (Fsp3) is 0.571. The minimum Gasteiger partial charge on any atom is -0.206 e. The first kappa shape index (κ1) is 21.9. The van der Waals surface area contributed by atoms with Crippen molar-refractivity contribution >= 4 is 11.6 Å². The Morgan fingerprint density at radius 2 is 1.33 bits per heavy atom. The monoisotopic (exact) mass is 426 g/mol. The summed E-state index contributed by atoms with van der Waals surface area (Å²) < 4.78 is 14.8. The van der Waals surface area contributed by atoms with E-state index >= 15 is 0 Å². The van der Waals surface area contributed by atoms with E-state index in [1.54, 1.807) is 6.07 Å². The fourth-order valence-corrected chi connectivity index (χ4v) is 5.96. The van der Waals surface area contributed by atoms with Gasteiger partial charge in [-0.1, -0.05) is 87.7 Å². The van der Waals surface area contributed by atoms with Crippen molar-refractivity contribution in [3.05, 3.63) is 58.9 Å². The van der Waals surface area contributed by atoms with E-state index < -0.39 is 0 Å². The molecule has 0 spiro atoms. The highest BCUT2D eigenvalue weighted by molar-refractivity contribution is 6.30. The highest BCUT2D eigenvalue weighted by Gasteiger charge is 2.25. The normalized spacial score (nSPS) is 27.2. The van der Waals surface area contributed by atoms with Crippen LogP contribution in [0.25, 0.3) is 11.1 Å². The molecule has 0 amide bonds. The molecular weight excluding hydrogens is 391 g/mol. The Balaban J connectivity index is 1.27. The number of hydrogen-bond donors (Lipinski definition) is 0. The number of hydrogen-bond acceptors (Lipinski definition) is 0. The van der Waals surface area contributed by atoms with Crippen LogP contribution in [-0.4, -0.2) is 0 Å². The molecule has 0 heterocycles. The summed E-state index contributed by atoms with van der Waals surface area (Å²) in [4.78, 5) is 0. The van der Waals surface area contributed by atoms with Crippen molar-refractivity contribution in [3.63, 3.8) is 0 Å². The average molecular weight is 427 g/mol. The molecule has 0 aromatic heterocycles. The van der Waals surface area contributed by atoms with Crippen LogP contribution < -0.4 is 0 Å². The molecule has 2 aliphatic carbocycles. The number of benzene rings is 2. The molecule has 0 N–H and O–H groups in total. The Hall–Kier alpha value is -1.34. The van der Waals surface area contributed by atoms with Crippen LogP contribution in [-0.2, 0) is 0 Å². The zero-order valence-corrected chi connectivity index (χ0v) is 19.1. The Bertz CT molecular complexity index is 796. The molecule has 2 saturated carbocycles. The molecule has 2 heteroatoms. The molecule has 30 heavy (non-hydrogen) atoms. The summed E-state index contributed by atoms with van der Waals surface area (Å²) >= 11 is 5.96. The Kier molecular flexibility index (Phi) is 7.52. The quantitative estimate of drug-likeness (QED) is 0.431. The highest BCUT2D eigenvalue weighted by atomic mass is 35.5. The van der Waals surface area contributed by atoms with Crippen LogP contribution in [0.1, 0.15) is 89.0 Å². The second kappa shape index (κ2) is 10.3. The third-order valence-electron chi connectivity index (χ3n) is 7.99. The summed E-state index contributed by atoms with van der Waals surface area (Å²) in [5.74, 6) is 3.29. The molecule has 0 bridgehead atoms. The molecule has 2 aromatic carbocycles. The zero-order valence-electron chi connectivity index (χ0n) is 18.4. The fourth-order valence-electron chi connectivity index (χ4n) is 5.83. The highest BCUT2D eigenvalue weighted by Crippen LogP contribution is 2.40. The van der Waals surface area contributed by atoms with Gasteiger partial charge in [0.05, 0.1) is 0 Å². The number of halogens is 2. The van der Waals surface area contributed by atoms with Crippen LogP contribution in [0.15, 0.2) is 42.5 Å². The van der Waals surface area contributed by atoms with Gasteiger partial charge in [-0.25, -0.2) is 4.39 Å². The second-order valence-corrected chi connectivity index (χ2v) is 10.3. The van der Waals surface area contributed by atoms with Gasteiger partial charge in [0.15, 0.2) is 0 Å². The lowest BCUT2D eigenvalue weighted by atomic mass is 9.74. The Morgan fingerprint density at radius 1 is 0.767 bits per heavy atom. The predicted octanol–water partition coefficient (Wildman–Crippen LogP) is 9.42. The molecular formula is C28H36ClF. The zero-order chi connectivity index (χ0) is 20.9. The lowest BCUT2D eigenvalue weighted by Crippen LogP contribution is -2.17. The molecule has 0 nitrogen and oxygen atoms in total. The van der Waals surface area contributed by atoms with Gasteiger partial charge in [0.2, 0.25) is 0 Å². The lowest BCUT2D eigenvalue weighted by Gasteiger charge is -2.32. The molecule has 0 aliphatic heterocycles. The maximum atomic E-state index is 14.8. The Morgan fingerprint density at radius 3 is 1.90 bits per heavy atom. The van der Waals surface area contributed by atoms with Crippen molar-refractivity contribution in [2.24, 2.45) is 17.8 Å². The van der Waals surface area contributed by atoms with Gasteiger partial charge in [0.1, 0.15) is 5.82 Å². The molecule has 0 unspecified atom stereocenters. The van der Waals surface area contributed by atoms with E-state index in [1.807, 2.05) is 30.3 Å². The summed E-state index contributed by atoms with van der Waals surface area (Å²) in [6.07, 6.45) is 15.1. The van der Waals surface area contributed by atoms with Crippen molar-refractivity contribution in [1.29, 1.82) is 0 Å². The minimum atomic E-state index is -0.111. The van der Waals surface area contributed by atoms with E-state index in [1.165, 1.54) is 76.2 Å². The van der Waals surface area contributed by atoms with Gasteiger partial charge in [0.25, 0.3) is 0 Å². The maximum absolute atomic E-state index is 14.8. The molecule has 0 radical (unpaired) electrons. The summed E-state index contributed by atoms with van der Waals surface area (Å²) in [6.45, 7) is 2.35. The summed E-state index contributed by atoms with van der Waals surface area (Å²) in [7, 11) is 0. The standard InChI is InChI=1S/C28H36ClF/c1-2-20-3-5-21(6-4-20)7-8-22-9-11-23(12-10-22)25-15-18-27(28(30)19-25)24-13-16-26(29)17-14-24/h13-23H,2-12H2,1H3. The maximum Gasteiger partial charge on any atom is 0.131 e. The topological polar surface area (TPSA) is 0 Å². The van der Waals surface area contributed by atoms with Crippen molar-refractivity contribution in [2.75, 3.05) is 0 Å². The van der Waals surface area contributed by atoms with Gasteiger partial charge in [-0.05, 0) is 78.7 Å². The molecule has 162 valence electrons. The SMILES string of the molecule is CCC1CCC(CCC2CCC(c3ccc(-c4ccc(Cl)cc4)c(F)c3)CC2)CC1. The lowest BCUT2D eigenvalue weighted by molar-refractivity contribution is 0.227. The molecule has 2 fully saturated rings. The van der Waals surface area contributed by atoms with Crippen molar-refractivity contribution in [3.8, 4) is 11.1 Å². The van der Waals surface area contributed by atoms with E-state index in [2.05, 4.69) is 13.0 Å². The van der Waals surface area contributed by atoms with Crippen molar-refractivity contribution in [2.45, 2.75) is 83.5 Å². The number of rotatable bonds is 6. The first-order valence-corrected chi connectivity index (χ1v) is 12.6. The van der Waals surface area contributed by atoms with E-state index in [0.717, 1.165) is 23.3 Å². The third-order valence-corrected chi connectivity index (χ3v) is 8.25. The van der Waals surface area contributed by atoms with Gasteiger partial charge >= 0.3 is 0 Å². The summed E-state index contributed by atoms with van der Waals surface area (Å²) in [6, 6.07) is 13.3. The van der Waals surface area contributed by atoms with E-state index in [4.69, 9.17) is 11.6 Å². The van der Waals surface area contributed by atoms with Gasteiger partial charge < -0.3 is 0 Å². The van der Waals surface area contributed by atoms with E-state index in [-0.39, 0.29) is 5.82 Å².